The molecule has 0 fully saturated rings. The van der Waals surface area contributed by atoms with E-state index in [0.29, 0.717) is 5.13 Å². The normalized spacial score (nSPS) is 9.94. The number of aryl methyl sites for hydroxylation is 1. The molecule has 92 valence electrons. The van der Waals surface area contributed by atoms with E-state index in [-0.39, 0.29) is 12.4 Å². The highest BCUT2D eigenvalue weighted by atomic mass is 35.5. The van der Waals surface area contributed by atoms with Gasteiger partial charge in [-0.2, -0.15) is 0 Å². The number of benzene rings is 1. The molecule has 0 spiro atoms. The molecule has 1 heterocycles. The van der Waals surface area contributed by atoms with Gasteiger partial charge in [0.1, 0.15) is 0 Å². The zero-order valence-electron chi connectivity index (χ0n) is 9.85. The number of unbranched alkanes of at least 4 members (excludes halogenated alkanes) is 1. The van der Waals surface area contributed by atoms with Crippen molar-refractivity contribution in [2.75, 3.05) is 5.73 Å². The van der Waals surface area contributed by atoms with Gasteiger partial charge < -0.3 is 5.73 Å². The zero-order valence-corrected chi connectivity index (χ0v) is 11.5. The number of nitrogens with zero attached hydrogens (tertiary/aromatic N) is 1. The number of aromatic nitrogens is 1. The maximum atomic E-state index is 5.62. The first kappa shape index (κ1) is 14.0. The molecule has 0 bridgehead atoms. The molecule has 2 nitrogen and oxygen atoms in total. The Labute approximate surface area is 112 Å². The molecule has 0 aliphatic carbocycles. The summed E-state index contributed by atoms with van der Waals surface area (Å²) < 4.78 is 0. The van der Waals surface area contributed by atoms with Gasteiger partial charge in [0.2, 0.25) is 0 Å². The molecule has 0 aliphatic heterocycles. The van der Waals surface area contributed by atoms with Gasteiger partial charge in [0, 0.05) is 10.9 Å². The second kappa shape index (κ2) is 6.62. The van der Waals surface area contributed by atoms with Crippen LogP contribution in [-0.2, 0) is 6.42 Å². The van der Waals surface area contributed by atoms with Crippen molar-refractivity contribution in [3.8, 4) is 11.3 Å². The summed E-state index contributed by atoms with van der Waals surface area (Å²) in [4.78, 5) is 4.27. The highest BCUT2D eigenvalue weighted by Gasteiger charge is 2.02. The topological polar surface area (TPSA) is 38.9 Å². The number of nitrogens with two attached hydrogens (primary N) is 1. The molecule has 4 heteroatoms. The molecule has 0 aliphatic rings. The van der Waals surface area contributed by atoms with Crippen LogP contribution >= 0.6 is 23.7 Å². The Hall–Kier alpha value is -1.06. The minimum Gasteiger partial charge on any atom is -0.375 e. The quantitative estimate of drug-likeness (QED) is 0.904. The van der Waals surface area contributed by atoms with E-state index in [1.54, 1.807) is 0 Å². The highest BCUT2D eigenvalue weighted by Crippen LogP contribution is 2.23. The predicted molar refractivity (Wildman–Crippen MR) is 77.8 cm³/mol. The highest BCUT2D eigenvalue weighted by molar-refractivity contribution is 7.13. The standard InChI is InChI=1S/C13H16N2S.ClH/c1-2-3-4-10-5-7-11(8-6-10)12-9-16-13(14)15-12;/h5-9H,2-4H2,1H3,(H2,14,15);1H. The molecule has 1 aromatic heterocycles. The molecule has 0 radical (unpaired) electrons. The lowest BCUT2D eigenvalue weighted by Crippen LogP contribution is -1.86. The van der Waals surface area contributed by atoms with Crippen LogP contribution in [-0.4, -0.2) is 4.98 Å². The summed E-state index contributed by atoms with van der Waals surface area (Å²) in [6.07, 6.45) is 3.66. The summed E-state index contributed by atoms with van der Waals surface area (Å²) in [5.41, 5.74) is 9.14. The first-order valence-corrected chi connectivity index (χ1v) is 6.48. The molecule has 2 aromatic rings. The Kier molecular flexibility index (Phi) is 5.45. The third-order valence-corrected chi connectivity index (χ3v) is 3.26. The average molecular weight is 269 g/mol. The van der Waals surface area contributed by atoms with Gasteiger partial charge in [-0.15, -0.1) is 23.7 Å². The van der Waals surface area contributed by atoms with E-state index in [4.69, 9.17) is 5.73 Å². The van der Waals surface area contributed by atoms with E-state index < -0.39 is 0 Å². The Balaban J connectivity index is 0.00000144. The second-order valence-electron chi connectivity index (χ2n) is 3.87. The lowest BCUT2D eigenvalue weighted by molar-refractivity contribution is 0.795. The summed E-state index contributed by atoms with van der Waals surface area (Å²) in [5, 5.41) is 2.63. The fraction of sp³-hybridized carbons (Fsp3) is 0.308. The molecule has 0 saturated heterocycles. The molecule has 1 aromatic carbocycles. The third-order valence-electron chi connectivity index (χ3n) is 2.59. The zero-order chi connectivity index (χ0) is 11.4. The largest absolute Gasteiger partial charge is 0.375 e. The maximum Gasteiger partial charge on any atom is 0.180 e. The van der Waals surface area contributed by atoms with Gasteiger partial charge in [-0.05, 0) is 18.4 Å². The van der Waals surface area contributed by atoms with Crippen molar-refractivity contribution in [1.82, 2.24) is 4.98 Å². The van der Waals surface area contributed by atoms with Crippen LogP contribution in [0.2, 0.25) is 0 Å². The van der Waals surface area contributed by atoms with Crippen molar-refractivity contribution in [2.45, 2.75) is 26.2 Å². The number of nitrogen functional groups attached to an aromatic ring is 1. The van der Waals surface area contributed by atoms with Crippen LogP contribution in [0, 0.1) is 0 Å². The fourth-order valence-electron chi connectivity index (χ4n) is 1.64. The van der Waals surface area contributed by atoms with E-state index in [1.165, 1.54) is 29.7 Å². The van der Waals surface area contributed by atoms with Gasteiger partial charge in [-0.1, -0.05) is 37.6 Å². The van der Waals surface area contributed by atoms with Crippen molar-refractivity contribution in [2.24, 2.45) is 0 Å². The van der Waals surface area contributed by atoms with Gasteiger partial charge >= 0.3 is 0 Å². The number of halogens is 1. The summed E-state index contributed by atoms with van der Waals surface area (Å²) in [5.74, 6) is 0. The fourth-order valence-corrected chi connectivity index (χ4v) is 2.22. The SMILES string of the molecule is CCCCc1ccc(-c2csc(N)n2)cc1.Cl. The number of hydrogen-bond acceptors (Lipinski definition) is 3. The molecule has 0 unspecified atom stereocenters. The molecule has 2 rings (SSSR count). The Bertz CT molecular complexity index is 451. The number of thiazole rings is 1. The molecule has 0 saturated carbocycles. The molecule has 0 amide bonds. The van der Waals surface area contributed by atoms with Crippen LogP contribution < -0.4 is 5.73 Å². The van der Waals surface area contributed by atoms with E-state index in [1.807, 2.05) is 5.38 Å². The van der Waals surface area contributed by atoms with Crippen molar-refractivity contribution < 1.29 is 0 Å². The molecular weight excluding hydrogens is 252 g/mol. The first-order chi connectivity index (χ1) is 7.79. The van der Waals surface area contributed by atoms with Crippen LogP contribution in [0.5, 0.6) is 0 Å². The van der Waals surface area contributed by atoms with Crippen molar-refractivity contribution >= 4 is 28.9 Å². The van der Waals surface area contributed by atoms with Crippen molar-refractivity contribution in [3.05, 3.63) is 35.2 Å². The smallest absolute Gasteiger partial charge is 0.180 e. The number of hydrogen-bond donors (Lipinski definition) is 1. The summed E-state index contributed by atoms with van der Waals surface area (Å²) >= 11 is 1.48. The van der Waals surface area contributed by atoms with Crippen molar-refractivity contribution in [1.29, 1.82) is 0 Å². The third kappa shape index (κ3) is 3.72. The molecule has 2 N–H and O–H groups in total. The van der Waals surface area contributed by atoms with E-state index >= 15 is 0 Å². The second-order valence-corrected chi connectivity index (χ2v) is 4.76. The minimum atomic E-state index is 0. The Morgan fingerprint density at radius 2 is 1.94 bits per heavy atom. The lowest BCUT2D eigenvalue weighted by atomic mass is 10.1. The molecule has 17 heavy (non-hydrogen) atoms. The van der Waals surface area contributed by atoms with E-state index in [9.17, 15) is 0 Å². The van der Waals surface area contributed by atoms with Gasteiger partial charge in [-0.25, -0.2) is 4.98 Å². The maximum absolute atomic E-state index is 5.62. The van der Waals surface area contributed by atoms with Gasteiger partial charge in [0.05, 0.1) is 5.69 Å². The summed E-state index contributed by atoms with van der Waals surface area (Å²) in [7, 11) is 0. The van der Waals surface area contributed by atoms with Gasteiger partial charge in [0.25, 0.3) is 0 Å². The average Bonchev–Trinajstić information content (AvgIpc) is 2.74. The summed E-state index contributed by atoms with van der Waals surface area (Å²) in [6, 6.07) is 8.61. The van der Waals surface area contributed by atoms with Crippen LogP contribution in [0.4, 0.5) is 5.13 Å². The van der Waals surface area contributed by atoms with Gasteiger partial charge in [0.15, 0.2) is 5.13 Å². The monoisotopic (exact) mass is 268 g/mol. The van der Waals surface area contributed by atoms with Crippen molar-refractivity contribution in [3.63, 3.8) is 0 Å². The summed E-state index contributed by atoms with van der Waals surface area (Å²) in [6.45, 7) is 2.21. The molecular formula is C13H17ClN2S. The van der Waals surface area contributed by atoms with Crippen LogP contribution in [0.1, 0.15) is 25.3 Å². The molecule has 0 atom stereocenters. The number of rotatable bonds is 4. The number of anilines is 1. The van der Waals surface area contributed by atoms with Crippen LogP contribution in [0.25, 0.3) is 11.3 Å². The van der Waals surface area contributed by atoms with Crippen LogP contribution in [0.15, 0.2) is 29.6 Å². The minimum absolute atomic E-state index is 0. The Morgan fingerprint density at radius 3 is 2.47 bits per heavy atom. The first-order valence-electron chi connectivity index (χ1n) is 5.60. The predicted octanol–water partition coefficient (Wildman–Crippen LogP) is 4.16. The van der Waals surface area contributed by atoms with Gasteiger partial charge in [-0.3, -0.25) is 0 Å². The van der Waals surface area contributed by atoms with E-state index in [0.717, 1.165) is 17.7 Å². The lowest BCUT2D eigenvalue weighted by Gasteiger charge is -2.01. The van der Waals surface area contributed by atoms with Crippen LogP contribution in [0.3, 0.4) is 0 Å². The van der Waals surface area contributed by atoms with E-state index in [2.05, 4.69) is 36.2 Å². The Morgan fingerprint density at radius 1 is 1.24 bits per heavy atom.